The largest absolute Gasteiger partial charge is 0.490 e. The number of fused-ring (bicyclic) bond motifs is 1. The molecule has 1 atom stereocenters. The van der Waals surface area contributed by atoms with Gasteiger partial charge in [-0.15, -0.1) is 0 Å². The van der Waals surface area contributed by atoms with Gasteiger partial charge in [-0.05, 0) is 30.2 Å². The maximum Gasteiger partial charge on any atom is 0.162 e. The van der Waals surface area contributed by atoms with Gasteiger partial charge in [0.2, 0.25) is 0 Å². The molecular formula is C17H16Br2O2. The molecule has 0 bridgehead atoms. The zero-order valence-corrected chi connectivity index (χ0v) is 14.9. The quantitative estimate of drug-likeness (QED) is 0.615. The summed E-state index contributed by atoms with van der Waals surface area (Å²) in [5.74, 6) is 1.63. The van der Waals surface area contributed by atoms with E-state index >= 15 is 0 Å². The van der Waals surface area contributed by atoms with Crippen molar-refractivity contribution in [3.05, 3.63) is 57.6 Å². The van der Waals surface area contributed by atoms with Crippen LogP contribution in [0, 0.1) is 6.92 Å². The van der Waals surface area contributed by atoms with Crippen LogP contribution in [0.25, 0.3) is 0 Å². The zero-order valence-electron chi connectivity index (χ0n) is 11.7. The average Bonchev–Trinajstić information content (AvgIpc) is 2.70. The van der Waals surface area contributed by atoms with Gasteiger partial charge in [-0.2, -0.15) is 0 Å². The number of ether oxygens (including phenoxy) is 2. The minimum Gasteiger partial charge on any atom is -0.490 e. The summed E-state index contributed by atoms with van der Waals surface area (Å²) in [4.78, 5) is 0.115. The smallest absolute Gasteiger partial charge is 0.162 e. The Morgan fingerprint density at radius 3 is 2.48 bits per heavy atom. The first-order valence-corrected chi connectivity index (χ1v) is 8.65. The second kappa shape index (κ2) is 6.41. The molecule has 1 unspecified atom stereocenters. The fourth-order valence-electron chi connectivity index (χ4n) is 2.40. The van der Waals surface area contributed by atoms with Gasteiger partial charge in [0, 0.05) is 10.9 Å². The molecule has 0 aliphatic carbocycles. The molecule has 0 aromatic heterocycles. The van der Waals surface area contributed by atoms with Crippen LogP contribution in [0.15, 0.2) is 40.9 Å². The minimum absolute atomic E-state index is 0.115. The molecule has 0 spiro atoms. The molecule has 110 valence electrons. The summed E-state index contributed by atoms with van der Waals surface area (Å²) in [6.07, 6.45) is 0.914. The van der Waals surface area contributed by atoms with Crippen molar-refractivity contribution in [3.63, 3.8) is 0 Å². The standard InChI is InChI=1S/C17H16Br2O2/c1-11-4-2-5-12(8-11)17(19)13-9-15-16(10-14(13)18)21-7-3-6-20-15/h2,4-5,8-10,17H,3,6-7H2,1H3. The summed E-state index contributed by atoms with van der Waals surface area (Å²) < 4.78 is 12.5. The van der Waals surface area contributed by atoms with E-state index in [1.165, 1.54) is 11.1 Å². The second-order valence-electron chi connectivity index (χ2n) is 5.15. The number of benzene rings is 2. The molecule has 2 nitrogen and oxygen atoms in total. The van der Waals surface area contributed by atoms with Crippen molar-refractivity contribution in [1.29, 1.82) is 0 Å². The van der Waals surface area contributed by atoms with Crippen LogP contribution >= 0.6 is 31.9 Å². The minimum atomic E-state index is 0.115. The molecule has 0 N–H and O–H groups in total. The number of halogens is 2. The van der Waals surface area contributed by atoms with Crippen molar-refractivity contribution in [3.8, 4) is 11.5 Å². The van der Waals surface area contributed by atoms with Gasteiger partial charge < -0.3 is 9.47 Å². The van der Waals surface area contributed by atoms with Crippen molar-refractivity contribution in [2.24, 2.45) is 0 Å². The zero-order chi connectivity index (χ0) is 14.8. The molecule has 1 heterocycles. The predicted octanol–water partition coefficient (Wildman–Crippen LogP) is 5.40. The molecule has 4 heteroatoms. The summed E-state index contributed by atoms with van der Waals surface area (Å²) in [5.41, 5.74) is 3.62. The summed E-state index contributed by atoms with van der Waals surface area (Å²) in [5, 5.41) is 0. The number of rotatable bonds is 2. The fraction of sp³-hybridized carbons (Fsp3) is 0.294. The lowest BCUT2D eigenvalue weighted by molar-refractivity contribution is 0.297. The first kappa shape index (κ1) is 14.9. The van der Waals surface area contributed by atoms with E-state index in [-0.39, 0.29) is 4.83 Å². The second-order valence-corrected chi connectivity index (χ2v) is 6.92. The van der Waals surface area contributed by atoms with Gasteiger partial charge >= 0.3 is 0 Å². The molecule has 0 saturated heterocycles. The highest BCUT2D eigenvalue weighted by Gasteiger charge is 2.19. The summed E-state index contributed by atoms with van der Waals surface area (Å²) in [7, 11) is 0. The van der Waals surface area contributed by atoms with Gasteiger partial charge in [0.1, 0.15) is 0 Å². The third-order valence-corrected chi connectivity index (χ3v) is 5.18. The third kappa shape index (κ3) is 3.27. The third-order valence-electron chi connectivity index (χ3n) is 3.47. The lowest BCUT2D eigenvalue weighted by atomic mass is 10.0. The van der Waals surface area contributed by atoms with Gasteiger partial charge in [-0.1, -0.05) is 61.7 Å². The maximum atomic E-state index is 5.79. The lowest BCUT2D eigenvalue weighted by Crippen LogP contribution is -1.98. The number of aryl methyl sites for hydroxylation is 1. The highest BCUT2D eigenvalue weighted by molar-refractivity contribution is 9.11. The van der Waals surface area contributed by atoms with Crippen LogP contribution < -0.4 is 9.47 Å². The van der Waals surface area contributed by atoms with Crippen molar-refractivity contribution in [2.45, 2.75) is 18.2 Å². The summed E-state index contributed by atoms with van der Waals surface area (Å²) >= 11 is 7.45. The van der Waals surface area contributed by atoms with Gasteiger partial charge in [-0.3, -0.25) is 0 Å². The Balaban J connectivity index is 2.00. The molecule has 1 aliphatic heterocycles. The molecule has 0 fully saturated rings. The van der Waals surface area contributed by atoms with Crippen LogP contribution in [0.5, 0.6) is 11.5 Å². The summed E-state index contributed by atoms with van der Waals surface area (Å²) in [6.45, 7) is 3.51. The van der Waals surface area contributed by atoms with Crippen LogP contribution in [0.4, 0.5) is 0 Å². The molecular weight excluding hydrogens is 396 g/mol. The van der Waals surface area contributed by atoms with Crippen LogP contribution in [0.1, 0.15) is 27.9 Å². The number of alkyl halides is 1. The Hall–Kier alpha value is -1.00. The first-order chi connectivity index (χ1) is 10.1. The van der Waals surface area contributed by atoms with Crippen LogP contribution in [-0.4, -0.2) is 13.2 Å². The molecule has 0 amide bonds. The van der Waals surface area contributed by atoms with Gasteiger partial charge in [0.05, 0.1) is 18.0 Å². The van der Waals surface area contributed by atoms with Crippen LogP contribution in [0.2, 0.25) is 0 Å². The normalized spacial score (nSPS) is 15.4. The number of hydrogen-bond donors (Lipinski definition) is 0. The van der Waals surface area contributed by atoms with E-state index in [0.717, 1.165) is 28.0 Å². The Labute approximate surface area is 141 Å². The predicted molar refractivity (Wildman–Crippen MR) is 91.7 cm³/mol. The van der Waals surface area contributed by atoms with E-state index < -0.39 is 0 Å². The Kier molecular flexibility index (Phi) is 4.55. The maximum absolute atomic E-state index is 5.79. The van der Waals surface area contributed by atoms with Crippen molar-refractivity contribution in [1.82, 2.24) is 0 Å². The highest BCUT2D eigenvalue weighted by Crippen LogP contribution is 2.42. The SMILES string of the molecule is Cc1cccc(C(Br)c2cc3c(cc2Br)OCCCO3)c1. The molecule has 0 saturated carbocycles. The molecule has 1 aliphatic rings. The Morgan fingerprint density at radius 2 is 1.76 bits per heavy atom. The molecule has 3 rings (SSSR count). The van der Waals surface area contributed by atoms with Crippen molar-refractivity contribution >= 4 is 31.9 Å². The monoisotopic (exact) mass is 410 g/mol. The first-order valence-electron chi connectivity index (χ1n) is 6.95. The van der Waals surface area contributed by atoms with Gasteiger partial charge in [0.25, 0.3) is 0 Å². The van der Waals surface area contributed by atoms with E-state index in [0.29, 0.717) is 13.2 Å². The molecule has 2 aromatic rings. The number of hydrogen-bond acceptors (Lipinski definition) is 2. The van der Waals surface area contributed by atoms with E-state index in [1.54, 1.807) is 0 Å². The Bertz CT molecular complexity index is 655. The van der Waals surface area contributed by atoms with E-state index in [4.69, 9.17) is 9.47 Å². The van der Waals surface area contributed by atoms with E-state index in [1.807, 2.05) is 6.07 Å². The van der Waals surface area contributed by atoms with Gasteiger partial charge in [0.15, 0.2) is 11.5 Å². The van der Waals surface area contributed by atoms with Crippen molar-refractivity contribution in [2.75, 3.05) is 13.2 Å². The fourth-order valence-corrected chi connectivity index (χ4v) is 3.92. The van der Waals surface area contributed by atoms with Crippen molar-refractivity contribution < 1.29 is 9.47 Å². The average molecular weight is 412 g/mol. The highest BCUT2D eigenvalue weighted by atomic mass is 79.9. The van der Waals surface area contributed by atoms with Crippen LogP contribution in [-0.2, 0) is 0 Å². The Morgan fingerprint density at radius 1 is 1.05 bits per heavy atom. The summed E-state index contributed by atoms with van der Waals surface area (Å²) in [6, 6.07) is 12.6. The van der Waals surface area contributed by atoms with E-state index in [9.17, 15) is 0 Å². The van der Waals surface area contributed by atoms with Gasteiger partial charge in [-0.25, -0.2) is 0 Å². The lowest BCUT2D eigenvalue weighted by Gasteiger charge is -2.16. The topological polar surface area (TPSA) is 18.5 Å². The molecule has 21 heavy (non-hydrogen) atoms. The van der Waals surface area contributed by atoms with Crippen LogP contribution in [0.3, 0.4) is 0 Å². The molecule has 2 aromatic carbocycles. The van der Waals surface area contributed by atoms with E-state index in [2.05, 4.69) is 69.1 Å². The molecule has 0 radical (unpaired) electrons.